The molecule has 0 saturated carbocycles. The summed E-state index contributed by atoms with van der Waals surface area (Å²) in [6.45, 7) is 5.28. The third-order valence-corrected chi connectivity index (χ3v) is 2.67. The molecule has 0 radical (unpaired) electrons. The number of nitrogens with one attached hydrogen (secondary N) is 1. The average molecular weight is 281 g/mol. The fourth-order valence-corrected chi connectivity index (χ4v) is 1.81. The van der Waals surface area contributed by atoms with Crippen LogP contribution in [0.5, 0.6) is 11.5 Å². The monoisotopic (exact) mass is 281 g/mol. The number of hydrogen-bond acceptors (Lipinski definition) is 5. The van der Waals surface area contributed by atoms with E-state index in [9.17, 15) is 9.90 Å². The lowest BCUT2D eigenvalue weighted by Crippen LogP contribution is -2.36. The molecule has 1 heterocycles. The van der Waals surface area contributed by atoms with E-state index in [4.69, 9.17) is 14.2 Å². The Bertz CT molecular complexity index is 495. The predicted octanol–water partition coefficient (Wildman–Crippen LogP) is 1.97. The van der Waals surface area contributed by atoms with Gasteiger partial charge in [0.05, 0.1) is 12.6 Å². The standard InChI is InChI=1S/C14H19NO5/c1-14(2,3)20-13(17)15-10(7-16)9-4-5-11-12(6-9)19-8-18-11/h4-6,10,16H,7-8H2,1-3H3,(H,15,17)/t10-/m1/s1. The van der Waals surface area contributed by atoms with Gasteiger partial charge in [0.25, 0.3) is 0 Å². The number of aliphatic hydroxyl groups excluding tert-OH is 1. The van der Waals surface area contributed by atoms with Gasteiger partial charge in [0.1, 0.15) is 5.60 Å². The van der Waals surface area contributed by atoms with Gasteiger partial charge in [-0.2, -0.15) is 0 Å². The number of benzene rings is 1. The molecule has 6 nitrogen and oxygen atoms in total. The van der Waals surface area contributed by atoms with Crippen molar-refractivity contribution in [1.82, 2.24) is 5.32 Å². The minimum Gasteiger partial charge on any atom is -0.454 e. The number of aliphatic hydroxyl groups is 1. The summed E-state index contributed by atoms with van der Waals surface area (Å²) in [7, 11) is 0. The Hall–Kier alpha value is -1.95. The number of fused-ring (bicyclic) bond motifs is 1. The molecule has 0 unspecified atom stereocenters. The Balaban J connectivity index is 2.06. The third-order valence-electron chi connectivity index (χ3n) is 2.67. The number of carbonyl (C=O) groups is 1. The second kappa shape index (κ2) is 5.58. The highest BCUT2D eigenvalue weighted by Crippen LogP contribution is 2.34. The zero-order valence-corrected chi connectivity index (χ0v) is 11.8. The van der Waals surface area contributed by atoms with Crippen molar-refractivity contribution < 1.29 is 24.1 Å². The highest BCUT2D eigenvalue weighted by Gasteiger charge is 2.22. The summed E-state index contributed by atoms with van der Waals surface area (Å²) in [5.41, 5.74) is 0.140. The molecule has 1 aliphatic rings. The van der Waals surface area contributed by atoms with Crippen LogP contribution in [-0.2, 0) is 4.74 Å². The topological polar surface area (TPSA) is 77.0 Å². The first kappa shape index (κ1) is 14.5. The van der Waals surface area contributed by atoms with E-state index in [1.165, 1.54) is 0 Å². The van der Waals surface area contributed by atoms with E-state index in [0.29, 0.717) is 11.5 Å². The normalized spacial score (nSPS) is 14.8. The summed E-state index contributed by atoms with van der Waals surface area (Å²) in [5, 5.41) is 12.1. The van der Waals surface area contributed by atoms with E-state index >= 15 is 0 Å². The molecule has 1 aliphatic heterocycles. The molecule has 2 rings (SSSR count). The molecule has 0 aromatic heterocycles. The van der Waals surface area contributed by atoms with Crippen molar-refractivity contribution in [2.75, 3.05) is 13.4 Å². The van der Waals surface area contributed by atoms with E-state index in [2.05, 4.69) is 5.32 Å². The molecule has 0 saturated heterocycles. The summed E-state index contributed by atoms with van der Waals surface area (Å²) in [6.07, 6.45) is -0.575. The molecule has 2 N–H and O–H groups in total. The van der Waals surface area contributed by atoms with Gasteiger partial charge >= 0.3 is 6.09 Å². The van der Waals surface area contributed by atoms with Crippen LogP contribution in [0.1, 0.15) is 32.4 Å². The molecule has 1 amide bonds. The van der Waals surface area contributed by atoms with Gasteiger partial charge in [-0.05, 0) is 38.5 Å². The molecule has 0 bridgehead atoms. The molecule has 1 atom stereocenters. The Morgan fingerprint density at radius 1 is 1.40 bits per heavy atom. The number of carbonyl (C=O) groups excluding carboxylic acids is 1. The molecule has 110 valence electrons. The summed E-state index contributed by atoms with van der Waals surface area (Å²) >= 11 is 0. The first-order chi connectivity index (χ1) is 9.39. The fourth-order valence-electron chi connectivity index (χ4n) is 1.81. The minimum atomic E-state index is -0.584. The van der Waals surface area contributed by atoms with E-state index in [0.717, 1.165) is 5.56 Å². The first-order valence-corrected chi connectivity index (χ1v) is 6.39. The summed E-state index contributed by atoms with van der Waals surface area (Å²) < 4.78 is 15.7. The zero-order valence-electron chi connectivity index (χ0n) is 11.8. The van der Waals surface area contributed by atoms with Crippen molar-refractivity contribution in [3.05, 3.63) is 23.8 Å². The molecule has 1 aromatic rings. The van der Waals surface area contributed by atoms with Gasteiger partial charge in [0, 0.05) is 0 Å². The molecule has 0 aliphatic carbocycles. The molecular formula is C14H19NO5. The molecule has 1 aromatic carbocycles. The maximum atomic E-state index is 11.7. The largest absolute Gasteiger partial charge is 0.454 e. The van der Waals surface area contributed by atoms with Crippen LogP contribution in [0.4, 0.5) is 4.79 Å². The number of alkyl carbamates (subject to hydrolysis) is 1. The van der Waals surface area contributed by atoms with Gasteiger partial charge in [-0.25, -0.2) is 4.79 Å². The van der Waals surface area contributed by atoms with E-state index in [1.807, 2.05) is 0 Å². The lowest BCUT2D eigenvalue weighted by atomic mass is 10.1. The van der Waals surface area contributed by atoms with Crippen LogP contribution in [0, 0.1) is 0 Å². The lowest BCUT2D eigenvalue weighted by Gasteiger charge is -2.23. The van der Waals surface area contributed by atoms with Crippen LogP contribution in [0.3, 0.4) is 0 Å². The van der Waals surface area contributed by atoms with E-state index in [1.54, 1.807) is 39.0 Å². The summed E-state index contributed by atoms with van der Waals surface area (Å²) in [5.74, 6) is 1.26. The van der Waals surface area contributed by atoms with Crippen LogP contribution < -0.4 is 14.8 Å². The maximum absolute atomic E-state index is 11.7. The minimum absolute atomic E-state index is 0.183. The van der Waals surface area contributed by atoms with E-state index in [-0.39, 0.29) is 13.4 Å². The SMILES string of the molecule is CC(C)(C)OC(=O)N[C@H](CO)c1ccc2c(c1)OCO2. The van der Waals surface area contributed by atoms with Crippen molar-refractivity contribution in [2.45, 2.75) is 32.4 Å². The Labute approximate surface area is 117 Å². The van der Waals surface area contributed by atoms with Crippen molar-refractivity contribution in [2.24, 2.45) is 0 Å². The molecule has 20 heavy (non-hydrogen) atoms. The molecular weight excluding hydrogens is 262 g/mol. The molecule has 0 spiro atoms. The lowest BCUT2D eigenvalue weighted by molar-refractivity contribution is 0.0481. The highest BCUT2D eigenvalue weighted by molar-refractivity contribution is 5.68. The highest BCUT2D eigenvalue weighted by atomic mass is 16.7. The quantitative estimate of drug-likeness (QED) is 0.885. The maximum Gasteiger partial charge on any atom is 0.408 e. The van der Waals surface area contributed by atoms with Crippen molar-refractivity contribution in [3.8, 4) is 11.5 Å². The van der Waals surface area contributed by atoms with Crippen LogP contribution in [-0.4, -0.2) is 30.2 Å². The van der Waals surface area contributed by atoms with Gasteiger partial charge in [-0.1, -0.05) is 6.07 Å². The van der Waals surface area contributed by atoms with Crippen LogP contribution in [0.2, 0.25) is 0 Å². The average Bonchev–Trinajstić information content (AvgIpc) is 2.80. The van der Waals surface area contributed by atoms with Gasteiger partial charge in [0.2, 0.25) is 6.79 Å². The van der Waals surface area contributed by atoms with Gasteiger partial charge in [-0.15, -0.1) is 0 Å². The third kappa shape index (κ3) is 3.54. The predicted molar refractivity (Wildman–Crippen MR) is 71.8 cm³/mol. The summed E-state index contributed by atoms with van der Waals surface area (Å²) in [6, 6.07) is 4.70. The Kier molecular flexibility index (Phi) is 4.04. The fraction of sp³-hybridized carbons (Fsp3) is 0.500. The van der Waals surface area contributed by atoms with Gasteiger partial charge < -0.3 is 24.6 Å². The van der Waals surface area contributed by atoms with Crippen molar-refractivity contribution in [1.29, 1.82) is 0 Å². The van der Waals surface area contributed by atoms with Crippen LogP contribution in [0.15, 0.2) is 18.2 Å². The van der Waals surface area contributed by atoms with Gasteiger partial charge in [-0.3, -0.25) is 0 Å². The van der Waals surface area contributed by atoms with Crippen LogP contribution in [0.25, 0.3) is 0 Å². The zero-order chi connectivity index (χ0) is 14.8. The second-order valence-corrected chi connectivity index (χ2v) is 5.49. The number of rotatable bonds is 3. The van der Waals surface area contributed by atoms with Crippen molar-refractivity contribution in [3.63, 3.8) is 0 Å². The molecule has 0 fully saturated rings. The number of amides is 1. The summed E-state index contributed by atoms with van der Waals surface area (Å²) in [4.78, 5) is 11.7. The van der Waals surface area contributed by atoms with E-state index < -0.39 is 17.7 Å². The smallest absolute Gasteiger partial charge is 0.408 e. The van der Waals surface area contributed by atoms with Crippen molar-refractivity contribution >= 4 is 6.09 Å². The molecule has 6 heteroatoms. The first-order valence-electron chi connectivity index (χ1n) is 6.39. The Morgan fingerprint density at radius 2 is 2.10 bits per heavy atom. The van der Waals surface area contributed by atoms with Crippen LogP contribution >= 0.6 is 0 Å². The number of ether oxygens (including phenoxy) is 3. The Morgan fingerprint density at radius 3 is 2.75 bits per heavy atom. The van der Waals surface area contributed by atoms with Gasteiger partial charge in [0.15, 0.2) is 11.5 Å². The second-order valence-electron chi connectivity index (χ2n) is 5.49. The number of hydrogen-bond donors (Lipinski definition) is 2.